The fourth-order valence-corrected chi connectivity index (χ4v) is 2.35. The lowest BCUT2D eigenvalue weighted by atomic mass is 10.2. The molecule has 0 saturated carbocycles. The van der Waals surface area contributed by atoms with E-state index < -0.39 is 11.8 Å². The molecule has 126 valence electrons. The van der Waals surface area contributed by atoms with Crippen LogP contribution < -0.4 is 5.06 Å². The Morgan fingerprint density at radius 1 is 1.42 bits per heavy atom. The van der Waals surface area contributed by atoms with Gasteiger partial charge in [-0.3, -0.25) is 5.41 Å². The second-order valence-electron chi connectivity index (χ2n) is 4.82. The minimum atomic E-state index is -0.806. The number of carbonyl (C=O) groups is 1. The first-order valence-electron chi connectivity index (χ1n) is 7.09. The van der Waals surface area contributed by atoms with Crippen LogP contribution in [0.3, 0.4) is 0 Å². The van der Waals surface area contributed by atoms with E-state index in [4.69, 9.17) is 21.8 Å². The molecule has 0 aliphatic heterocycles. The second-order valence-corrected chi connectivity index (χ2v) is 6.04. The molecule has 1 heterocycles. The maximum atomic E-state index is 13.4. The minimum Gasteiger partial charge on any atom is -0.328 e. The molecule has 0 radical (unpaired) electrons. The second kappa shape index (κ2) is 8.21. The van der Waals surface area contributed by atoms with E-state index in [1.807, 2.05) is 6.92 Å². The van der Waals surface area contributed by atoms with Crippen molar-refractivity contribution < 1.29 is 14.0 Å². The van der Waals surface area contributed by atoms with E-state index in [0.29, 0.717) is 23.1 Å². The molecule has 0 aliphatic rings. The van der Waals surface area contributed by atoms with Gasteiger partial charge in [0.2, 0.25) is 0 Å². The van der Waals surface area contributed by atoms with Gasteiger partial charge in [-0.05, 0) is 52.7 Å². The number of hydrogen-bond donors (Lipinski definition) is 1. The highest BCUT2D eigenvalue weighted by Crippen LogP contribution is 2.29. The van der Waals surface area contributed by atoms with Gasteiger partial charge in [-0.25, -0.2) is 14.2 Å². The maximum Gasteiger partial charge on any atom is 0.377 e. The van der Waals surface area contributed by atoms with Gasteiger partial charge >= 0.3 is 5.97 Å². The van der Waals surface area contributed by atoms with Crippen molar-refractivity contribution in [3.05, 3.63) is 51.8 Å². The minimum absolute atomic E-state index is 0.118. The molecule has 5 nitrogen and oxygen atoms in total. The van der Waals surface area contributed by atoms with Gasteiger partial charge in [-0.15, -0.1) is 0 Å². The van der Waals surface area contributed by atoms with Crippen LogP contribution in [0.5, 0.6) is 0 Å². The van der Waals surface area contributed by atoms with Gasteiger partial charge in [-0.1, -0.05) is 31.0 Å². The van der Waals surface area contributed by atoms with Gasteiger partial charge in [0.05, 0.1) is 10.7 Å². The number of nitrogens with one attached hydrogen (secondary N) is 1. The van der Waals surface area contributed by atoms with E-state index in [2.05, 4.69) is 20.9 Å². The number of halogens is 3. The summed E-state index contributed by atoms with van der Waals surface area (Å²) in [4.78, 5) is 21.6. The van der Waals surface area contributed by atoms with E-state index >= 15 is 0 Å². The number of benzene rings is 1. The van der Waals surface area contributed by atoms with E-state index in [1.165, 1.54) is 12.1 Å². The first-order valence-corrected chi connectivity index (χ1v) is 8.27. The number of pyridine rings is 1. The molecule has 0 fully saturated rings. The number of aromatic nitrogens is 1. The molecular weight excluding hydrogens is 401 g/mol. The molecule has 0 unspecified atom stereocenters. The van der Waals surface area contributed by atoms with E-state index in [0.717, 1.165) is 11.1 Å². The molecule has 0 atom stereocenters. The van der Waals surface area contributed by atoms with Crippen LogP contribution >= 0.6 is 27.5 Å². The summed E-state index contributed by atoms with van der Waals surface area (Å²) in [6, 6.07) is 8.90. The molecule has 2 rings (SSSR count). The number of anilines is 2. The average Bonchev–Trinajstić information content (AvgIpc) is 2.55. The predicted molar refractivity (Wildman–Crippen MR) is 94.2 cm³/mol. The Morgan fingerprint density at radius 3 is 2.79 bits per heavy atom. The smallest absolute Gasteiger partial charge is 0.328 e. The quantitative estimate of drug-likeness (QED) is 0.408. The van der Waals surface area contributed by atoms with Crippen molar-refractivity contribution in [2.24, 2.45) is 0 Å². The zero-order valence-corrected chi connectivity index (χ0v) is 15.1. The average molecular weight is 415 g/mol. The fraction of sp³-hybridized carbons (Fsp3) is 0.188. The summed E-state index contributed by atoms with van der Waals surface area (Å²) in [7, 11) is 0. The van der Waals surface area contributed by atoms with Gasteiger partial charge < -0.3 is 4.84 Å². The van der Waals surface area contributed by atoms with Crippen LogP contribution in [0, 0.1) is 11.2 Å². The van der Waals surface area contributed by atoms with Gasteiger partial charge in [0.1, 0.15) is 16.1 Å². The van der Waals surface area contributed by atoms with Crippen molar-refractivity contribution in [2.45, 2.75) is 19.8 Å². The Morgan fingerprint density at radius 2 is 2.17 bits per heavy atom. The topological polar surface area (TPSA) is 66.3 Å². The fourth-order valence-electron chi connectivity index (χ4n) is 1.84. The summed E-state index contributed by atoms with van der Waals surface area (Å²) in [6.07, 6.45) is 0.939. The molecule has 2 aromatic rings. The van der Waals surface area contributed by atoms with Crippen molar-refractivity contribution in [2.75, 3.05) is 5.06 Å². The van der Waals surface area contributed by atoms with Crippen molar-refractivity contribution in [3.63, 3.8) is 0 Å². The predicted octanol–water partition coefficient (Wildman–Crippen LogP) is 5.05. The first kappa shape index (κ1) is 18.4. The molecule has 1 aromatic carbocycles. The van der Waals surface area contributed by atoms with Crippen molar-refractivity contribution in [1.82, 2.24) is 4.98 Å². The Bertz CT molecular complexity index is 773. The zero-order valence-electron chi connectivity index (χ0n) is 12.7. The van der Waals surface area contributed by atoms with Crippen LogP contribution in [-0.4, -0.2) is 16.7 Å². The summed E-state index contributed by atoms with van der Waals surface area (Å²) >= 11 is 9.05. The largest absolute Gasteiger partial charge is 0.377 e. The lowest BCUT2D eigenvalue weighted by Crippen LogP contribution is -2.28. The number of carbonyl (C=O) groups excluding carboxylic acids is 1. The first-order chi connectivity index (χ1) is 11.4. The lowest BCUT2D eigenvalue weighted by Gasteiger charge is -2.22. The number of rotatable bonds is 6. The van der Waals surface area contributed by atoms with Crippen molar-refractivity contribution in [3.8, 4) is 0 Å². The summed E-state index contributed by atoms with van der Waals surface area (Å²) in [5.41, 5.74) is 0.148. The summed E-state index contributed by atoms with van der Waals surface area (Å²) in [5, 5.41) is 8.71. The Balaban J connectivity index is 2.39. The van der Waals surface area contributed by atoms with Crippen LogP contribution in [-0.2, 0) is 9.63 Å². The highest BCUT2D eigenvalue weighted by Gasteiger charge is 2.20. The lowest BCUT2D eigenvalue weighted by molar-refractivity contribution is -0.136. The summed E-state index contributed by atoms with van der Waals surface area (Å²) in [5.74, 6) is -1.11. The molecule has 1 aromatic heterocycles. The third-order valence-corrected chi connectivity index (χ3v) is 3.70. The Kier molecular flexibility index (Phi) is 6.28. The summed E-state index contributed by atoms with van der Waals surface area (Å²) < 4.78 is 13.9. The van der Waals surface area contributed by atoms with Crippen LogP contribution in [0.25, 0.3) is 0 Å². The molecule has 1 N–H and O–H groups in total. The number of nitrogens with zero attached hydrogens (tertiary/aromatic N) is 2. The van der Waals surface area contributed by atoms with Gasteiger partial charge in [0.25, 0.3) is 0 Å². The Labute approximate surface area is 152 Å². The number of hydrogen-bond acceptors (Lipinski definition) is 5. The summed E-state index contributed by atoms with van der Waals surface area (Å²) in [6.45, 7) is 1.86. The molecule has 0 saturated heterocycles. The third kappa shape index (κ3) is 4.52. The molecule has 0 spiro atoms. The van der Waals surface area contributed by atoms with Crippen molar-refractivity contribution >= 4 is 50.7 Å². The van der Waals surface area contributed by atoms with Crippen LogP contribution in [0.4, 0.5) is 15.9 Å². The van der Waals surface area contributed by atoms with Gasteiger partial charge in [0.15, 0.2) is 5.82 Å². The third-order valence-electron chi connectivity index (χ3n) is 2.97. The molecule has 24 heavy (non-hydrogen) atoms. The highest BCUT2D eigenvalue weighted by molar-refractivity contribution is 9.10. The van der Waals surface area contributed by atoms with Crippen LogP contribution in [0.15, 0.2) is 41.0 Å². The van der Waals surface area contributed by atoms with Crippen LogP contribution in [0.2, 0.25) is 5.02 Å². The molecule has 0 aliphatic carbocycles. The Hall–Kier alpha value is -1.99. The van der Waals surface area contributed by atoms with E-state index in [1.54, 1.807) is 18.2 Å². The zero-order chi connectivity index (χ0) is 17.7. The van der Waals surface area contributed by atoms with Crippen LogP contribution in [0.1, 0.15) is 19.8 Å². The van der Waals surface area contributed by atoms with E-state index in [9.17, 15) is 9.18 Å². The molecular formula is C16H14BrClFN3O2. The molecule has 8 heteroatoms. The van der Waals surface area contributed by atoms with E-state index in [-0.39, 0.29) is 16.6 Å². The molecule has 0 amide bonds. The monoisotopic (exact) mass is 413 g/mol. The normalized spacial score (nSPS) is 10.3. The molecule has 0 bridgehead atoms. The van der Waals surface area contributed by atoms with Gasteiger partial charge in [-0.2, -0.15) is 5.06 Å². The highest BCUT2D eigenvalue weighted by atomic mass is 79.9. The SMILES string of the molecule is CCCC(=N)C(=O)ON(c1ccc(F)c(Cl)c1)c1cccc(Br)n1. The van der Waals surface area contributed by atoms with Gasteiger partial charge in [0, 0.05) is 0 Å². The standard InChI is InChI=1S/C16H14BrClFN3O2/c1-2-4-13(20)16(23)24-22(15-6-3-5-14(17)21-15)10-7-8-12(19)11(18)9-10/h3,5-9,20H,2,4H2,1H3. The van der Waals surface area contributed by atoms with Crippen molar-refractivity contribution in [1.29, 1.82) is 5.41 Å². The maximum absolute atomic E-state index is 13.4.